The number of aromatic nitrogens is 2. The highest BCUT2D eigenvalue weighted by Crippen LogP contribution is 2.38. The van der Waals surface area contributed by atoms with Crippen LogP contribution in [-0.2, 0) is 7.05 Å². The van der Waals surface area contributed by atoms with Gasteiger partial charge in [0.2, 0.25) is 0 Å². The van der Waals surface area contributed by atoms with Crippen molar-refractivity contribution in [3.05, 3.63) is 33.9 Å². The molecule has 0 radical (unpaired) electrons. The SMILES string of the molecule is Cc1nn(C)c(Sc2cc(Cl)ccc2Cl)c1N. The van der Waals surface area contributed by atoms with Crippen LogP contribution in [0.3, 0.4) is 0 Å². The average molecular weight is 288 g/mol. The molecule has 6 heteroatoms. The lowest BCUT2D eigenvalue weighted by molar-refractivity contribution is 0.693. The van der Waals surface area contributed by atoms with Crippen molar-refractivity contribution in [2.45, 2.75) is 16.8 Å². The van der Waals surface area contributed by atoms with E-state index in [0.29, 0.717) is 15.7 Å². The molecule has 2 rings (SSSR count). The second kappa shape index (κ2) is 4.80. The third-order valence-corrected chi connectivity index (χ3v) is 4.23. The molecule has 1 aromatic heterocycles. The average Bonchev–Trinajstić information content (AvgIpc) is 2.50. The van der Waals surface area contributed by atoms with Gasteiger partial charge in [-0.15, -0.1) is 0 Å². The minimum atomic E-state index is 0.648. The quantitative estimate of drug-likeness (QED) is 0.914. The predicted molar refractivity (Wildman–Crippen MR) is 72.9 cm³/mol. The molecule has 1 aromatic carbocycles. The zero-order chi connectivity index (χ0) is 12.6. The van der Waals surface area contributed by atoms with Crippen LogP contribution >= 0.6 is 35.0 Å². The van der Waals surface area contributed by atoms with Crippen molar-refractivity contribution in [2.24, 2.45) is 7.05 Å². The molecule has 0 spiro atoms. The first-order chi connectivity index (χ1) is 7.99. The Kier molecular flexibility index (Phi) is 3.56. The molecule has 0 saturated carbocycles. The molecule has 2 aromatic rings. The molecule has 0 aliphatic rings. The van der Waals surface area contributed by atoms with Crippen LogP contribution in [0.2, 0.25) is 10.0 Å². The van der Waals surface area contributed by atoms with E-state index in [4.69, 9.17) is 28.9 Å². The van der Waals surface area contributed by atoms with E-state index in [-0.39, 0.29) is 0 Å². The fraction of sp³-hybridized carbons (Fsp3) is 0.182. The maximum absolute atomic E-state index is 6.11. The minimum Gasteiger partial charge on any atom is -0.395 e. The van der Waals surface area contributed by atoms with E-state index in [2.05, 4.69) is 5.10 Å². The Hall–Kier alpha value is -0.840. The number of hydrogen-bond acceptors (Lipinski definition) is 3. The van der Waals surface area contributed by atoms with E-state index in [1.807, 2.05) is 20.0 Å². The lowest BCUT2D eigenvalue weighted by atomic mass is 10.4. The van der Waals surface area contributed by atoms with E-state index >= 15 is 0 Å². The zero-order valence-corrected chi connectivity index (χ0v) is 11.7. The Balaban J connectivity index is 2.41. The lowest BCUT2D eigenvalue weighted by Gasteiger charge is -2.05. The molecule has 0 aliphatic heterocycles. The number of hydrogen-bond donors (Lipinski definition) is 1. The number of nitrogens with two attached hydrogens (primary N) is 1. The number of halogens is 2. The van der Waals surface area contributed by atoms with Gasteiger partial charge in [-0.05, 0) is 25.1 Å². The zero-order valence-electron chi connectivity index (χ0n) is 9.37. The van der Waals surface area contributed by atoms with E-state index in [9.17, 15) is 0 Å². The number of nitrogen functional groups attached to an aromatic ring is 1. The summed E-state index contributed by atoms with van der Waals surface area (Å²) < 4.78 is 1.74. The van der Waals surface area contributed by atoms with Crippen LogP contribution in [0.15, 0.2) is 28.1 Å². The molecule has 0 atom stereocenters. The molecule has 2 N–H and O–H groups in total. The summed E-state index contributed by atoms with van der Waals surface area (Å²) in [7, 11) is 1.85. The van der Waals surface area contributed by atoms with Crippen LogP contribution < -0.4 is 5.73 Å². The van der Waals surface area contributed by atoms with Crippen molar-refractivity contribution >= 4 is 40.7 Å². The van der Waals surface area contributed by atoms with Crippen molar-refractivity contribution in [1.29, 1.82) is 0 Å². The summed E-state index contributed by atoms with van der Waals surface area (Å²) in [4.78, 5) is 0.869. The summed E-state index contributed by atoms with van der Waals surface area (Å²) in [5.41, 5.74) is 7.45. The highest BCUT2D eigenvalue weighted by molar-refractivity contribution is 7.99. The van der Waals surface area contributed by atoms with Gasteiger partial charge in [-0.2, -0.15) is 5.10 Å². The molecule has 0 fully saturated rings. The second-order valence-electron chi connectivity index (χ2n) is 3.60. The van der Waals surface area contributed by atoms with E-state index in [0.717, 1.165) is 15.6 Å². The Bertz CT molecular complexity index is 566. The highest BCUT2D eigenvalue weighted by Gasteiger charge is 2.13. The standard InChI is InChI=1S/C11H11Cl2N3S/c1-6-10(14)11(16(2)15-6)17-9-5-7(12)3-4-8(9)13/h3-5H,14H2,1-2H3. The van der Waals surface area contributed by atoms with Crippen molar-refractivity contribution in [2.75, 3.05) is 5.73 Å². The van der Waals surface area contributed by atoms with Crippen LogP contribution in [-0.4, -0.2) is 9.78 Å². The summed E-state index contributed by atoms with van der Waals surface area (Å²) in [6.45, 7) is 1.87. The van der Waals surface area contributed by atoms with Crippen molar-refractivity contribution in [3.63, 3.8) is 0 Å². The van der Waals surface area contributed by atoms with Crippen LogP contribution in [0.5, 0.6) is 0 Å². The summed E-state index contributed by atoms with van der Waals surface area (Å²) in [6, 6.07) is 5.34. The van der Waals surface area contributed by atoms with E-state index in [1.165, 1.54) is 11.8 Å². The molecule has 90 valence electrons. The molecule has 0 aliphatic carbocycles. The van der Waals surface area contributed by atoms with Crippen LogP contribution in [0.1, 0.15) is 5.69 Å². The Morgan fingerprint density at radius 2 is 2.06 bits per heavy atom. The Morgan fingerprint density at radius 1 is 1.35 bits per heavy atom. The van der Waals surface area contributed by atoms with Crippen molar-refractivity contribution in [1.82, 2.24) is 9.78 Å². The molecule has 3 nitrogen and oxygen atoms in total. The first-order valence-corrected chi connectivity index (χ1v) is 6.48. The van der Waals surface area contributed by atoms with Gasteiger partial charge in [0.05, 0.1) is 16.4 Å². The van der Waals surface area contributed by atoms with Crippen LogP contribution in [0, 0.1) is 6.92 Å². The Labute approximate surface area is 114 Å². The molecule has 0 bridgehead atoms. The molecule has 0 amide bonds. The van der Waals surface area contributed by atoms with Crippen LogP contribution in [0.25, 0.3) is 0 Å². The molecule has 1 heterocycles. The maximum atomic E-state index is 6.11. The summed E-state index contributed by atoms with van der Waals surface area (Å²) in [6.07, 6.45) is 0. The van der Waals surface area contributed by atoms with Crippen molar-refractivity contribution in [3.8, 4) is 0 Å². The Morgan fingerprint density at radius 3 is 2.65 bits per heavy atom. The summed E-state index contributed by atoms with van der Waals surface area (Å²) in [5.74, 6) is 0. The number of anilines is 1. The molecular formula is C11H11Cl2N3S. The predicted octanol–water partition coefficient (Wildman–Crippen LogP) is 3.77. The number of nitrogens with zero attached hydrogens (tertiary/aromatic N) is 2. The largest absolute Gasteiger partial charge is 0.395 e. The van der Waals surface area contributed by atoms with E-state index < -0.39 is 0 Å². The first-order valence-electron chi connectivity index (χ1n) is 4.91. The van der Waals surface area contributed by atoms with Crippen molar-refractivity contribution < 1.29 is 0 Å². The maximum Gasteiger partial charge on any atom is 0.122 e. The van der Waals surface area contributed by atoms with Gasteiger partial charge >= 0.3 is 0 Å². The van der Waals surface area contributed by atoms with Gasteiger partial charge in [-0.25, -0.2) is 0 Å². The normalized spacial score (nSPS) is 10.8. The molecule has 0 saturated heterocycles. The third-order valence-electron chi connectivity index (χ3n) is 2.31. The molecule has 0 unspecified atom stereocenters. The van der Waals surface area contributed by atoms with Gasteiger partial charge in [0.25, 0.3) is 0 Å². The highest BCUT2D eigenvalue weighted by atomic mass is 35.5. The summed E-state index contributed by atoms with van der Waals surface area (Å²) >= 11 is 13.5. The fourth-order valence-corrected chi connectivity index (χ4v) is 2.89. The lowest BCUT2D eigenvalue weighted by Crippen LogP contribution is -1.94. The minimum absolute atomic E-state index is 0.648. The topological polar surface area (TPSA) is 43.8 Å². The first kappa shape index (κ1) is 12.6. The second-order valence-corrected chi connectivity index (χ2v) is 5.48. The van der Waals surface area contributed by atoms with E-state index in [1.54, 1.807) is 16.8 Å². The summed E-state index contributed by atoms with van der Waals surface area (Å²) in [5, 5.41) is 6.42. The number of rotatable bonds is 2. The molecular weight excluding hydrogens is 277 g/mol. The van der Waals surface area contributed by atoms with Gasteiger partial charge < -0.3 is 5.73 Å². The van der Waals surface area contributed by atoms with Gasteiger partial charge in [-0.1, -0.05) is 35.0 Å². The monoisotopic (exact) mass is 287 g/mol. The number of aryl methyl sites for hydroxylation is 2. The van der Waals surface area contributed by atoms with Gasteiger partial charge in [0.1, 0.15) is 5.03 Å². The van der Waals surface area contributed by atoms with Gasteiger partial charge in [0, 0.05) is 17.0 Å². The molecule has 17 heavy (non-hydrogen) atoms. The smallest absolute Gasteiger partial charge is 0.122 e. The third kappa shape index (κ3) is 2.54. The number of benzene rings is 1. The fourth-order valence-electron chi connectivity index (χ4n) is 1.43. The van der Waals surface area contributed by atoms with Crippen LogP contribution in [0.4, 0.5) is 5.69 Å². The van der Waals surface area contributed by atoms with Gasteiger partial charge in [0.15, 0.2) is 0 Å². The van der Waals surface area contributed by atoms with Gasteiger partial charge in [-0.3, -0.25) is 4.68 Å².